The predicted octanol–water partition coefficient (Wildman–Crippen LogP) is 2.67. The molecule has 0 aliphatic carbocycles. The van der Waals surface area contributed by atoms with E-state index in [1.54, 1.807) is 6.92 Å². The first-order chi connectivity index (χ1) is 8.24. The monoisotopic (exact) mass is 238 g/mol. The molecule has 0 heterocycles. The second kappa shape index (κ2) is 8.09. The topological polar surface area (TPSA) is 49.7 Å². The first-order valence-corrected chi connectivity index (χ1v) is 6.25. The lowest BCUT2D eigenvalue weighted by atomic mass is 10.1. The van der Waals surface area contributed by atoms with Crippen LogP contribution in [-0.4, -0.2) is 23.4 Å². The van der Waals surface area contributed by atoms with Crippen molar-refractivity contribution in [2.45, 2.75) is 38.7 Å². The van der Waals surface area contributed by atoms with Gasteiger partial charge in [0.25, 0.3) is 0 Å². The van der Waals surface area contributed by atoms with Crippen LogP contribution in [0.5, 0.6) is 5.75 Å². The molecule has 17 heavy (non-hydrogen) atoms. The number of hydrogen-bond donors (Lipinski definition) is 2. The predicted molar refractivity (Wildman–Crippen MR) is 68.1 cm³/mol. The molecule has 0 radical (unpaired) electrons. The molecule has 0 aliphatic heterocycles. The van der Waals surface area contributed by atoms with E-state index >= 15 is 0 Å². The standard InChI is InChI=1S/C14H22O3/c1-12(16)13-6-8-14(9-7-13)17-11-5-3-2-4-10-15/h6-9,12,15-16H,2-5,10-11H2,1H3. The molecular formula is C14H22O3. The van der Waals surface area contributed by atoms with E-state index in [9.17, 15) is 5.11 Å². The third-order valence-corrected chi connectivity index (χ3v) is 2.68. The second-order valence-corrected chi connectivity index (χ2v) is 4.23. The molecular weight excluding hydrogens is 216 g/mol. The van der Waals surface area contributed by atoms with Crippen molar-refractivity contribution in [1.29, 1.82) is 0 Å². The van der Waals surface area contributed by atoms with Crippen molar-refractivity contribution in [3.05, 3.63) is 29.8 Å². The highest BCUT2D eigenvalue weighted by atomic mass is 16.5. The lowest BCUT2D eigenvalue weighted by molar-refractivity contribution is 0.199. The quantitative estimate of drug-likeness (QED) is 0.685. The zero-order valence-electron chi connectivity index (χ0n) is 10.4. The molecule has 0 saturated carbocycles. The summed E-state index contributed by atoms with van der Waals surface area (Å²) in [4.78, 5) is 0. The Kier molecular flexibility index (Phi) is 6.67. The van der Waals surface area contributed by atoms with Gasteiger partial charge in [-0.3, -0.25) is 0 Å². The highest BCUT2D eigenvalue weighted by Gasteiger charge is 2.00. The Labute approximate surface area is 103 Å². The Bertz CT molecular complexity index is 293. The molecule has 3 nitrogen and oxygen atoms in total. The van der Waals surface area contributed by atoms with Crippen molar-refractivity contribution in [3.63, 3.8) is 0 Å². The second-order valence-electron chi connectivity index (χ2n) is 4.23. The van der Waals surface area contributed by atoms with Gasteiger partial charge in [-0.2, -0.15) is 0 Å². The van der Waals surface area contributed by atoms with Gasteiger partial charge >= 0.3 is 0 Å². The highest BCUT2D eigenvalue weighted by molar-refractivity contribution is 5.28. The third kappa shape index (κ3) is 5.71. The molecule has 1 atom stereocenters. The van der Waals surface area contributed by atoms with Crippen LogP contribution in [0.1, 0.15) is 44.3 Å². The summed E-state index contributed by atoms with van der Waals surface area (Å²) in [6.45, 7) is 2.73. The first kappa shape index (κ1) is 14.0. The average Bonchev–Trinajstić information content (AvgIpc) is 2.34. The van der Waals surface area contributed by atoms with E-state index < -0.39 is 6.10 Å². The van der Waals surface area contributed by atoms with Gasteiger partial charge in [0, 0.05) is 6.61 Å². The number of rotatable bonds is 8. The molecule has 0 fully saturated rings. The summed E-state index contributed by atoms with van der Waals surface area (Å²) >= 11 is 0. The van der Waals surface area contributed by atoms with Gasteiger partial charge in [0.1, 0.15) is 5.75 Å². The van der Waals surface area contributed by atoms with Crippen LogP contribution in [0.3, 0.4) is 0 Å². The SMILES string of the molecule is CC(O)c1ccc(OCCCCCCO)cc1. The Morgan fingerprint density at radius 3 is 2.29 bits per heavy atom. The summed E-state index contributed by atoms with van der Waals surface area (Å²) in [5.41, 5.74) is 0.903. The van der Waals surface area contributed by atoms with Gasteiger partial charge in [0.05, 0.1) is 12.7 Å². The van der Waals surface area contributed by atoms with Crippen molar-refractivity contribution in [2.75, 3.05) is 13.2 Å². The molecule has 0 amide bonds. The molecule has 0 saturated heterocycles. The summed E-state index contributed by atoms with van der Waals surface area (Å²) in [6, 6.07) is 7.53. The zero-order valence-corrected chi connectivity index (χ0v) is 10.4. The first-order valence-electron chi connectivity index (χ1n) is 6.25. The number of unbranched alkanes of at least 4 members (excludes halogenated alkanes) is 3. The summed E-state index contributed by atoms with van der Waals surface area (Å²) < 4.78 is 5.58. The van der Waals surface area contributed by atoms with E-state index in [-0.39, 0.29) is 6.61 Å². The largest absolute Gasteiger partial charge is 0.494 e. The van der Waals surface area contributed by atoms with Crippen molar-refractivity contribution in [2.24, 2.45) is 0 Å². The summed E-state index contributed by atoms with van der Waals surface area (Å²) in [5.74, 6) is 0.844. The maximum Gasteiger partial charge on any atom is 0.119 e. The number of hydrogen-bond acceptors (Lipinski definition) is 3. The van der Waals surface area contributed by atoms with E-state index in [1.807, 2.05) is 24.3 Å². The molecule has 1 unspecified atom stereocenters. The van der Waals surface area contributed by atoms with Gasteiger partial charge in [-0.05, 0) is 43.9 Å². The van der Waals surface area contributed by atoms with Crippen LogP contribution >= 0.6 is 0 Å². The molecule has 0 aromatic heterocycles. The van der Waals surface area contributed by atoms with Crippen LogP contribution in [0, 0.1) is 0 Å². The maximum absolute atomic E-state index is 9.35. The van der Waals surface area contributed by atoms with E-state index in [0.717, 1.165) is 37.0 Å². The molecule has 1 aromatic rings. The average molecular weight is 238 g/mol. The zero-order chi connectivity index (χ0) is 12.5. The summed E-state index contributed by atoms with van der Waals surface area (Å²) in [7, 11) is 0. The van der Waals surface area contributed by atoms with Gasteiger partial charge in [-0.15, -0.1) is 0 Å². The fourth-order valence-corrected chi connectivity index (χ4v) is 1.60. The van der Waals surface area contributed by atoms with Crippen molar-refractivity contribution < 1.29 is 14.9 Å². The number of aliphatic hydroxyl groups is 2. The number of aliphatic hydroxyl groups excluding tert-OH is 2. The van der Waals surface area contributed by atoms with Crippen LogP contribution in [0.4, 0.5) is 0 Å². The molecule has 1 aromatic carbocycles. The molecule has 0 spiro atoms. The van der Waals surface area contributed by atoms with E-state index in [2.05, 4.69) is 0 Å². The van der Waals surface area contributed by atoms with E-state index in [0.29, 0.717) is 6.61 Å². The van der Waals surface area contributed by atoms with Crippen molar-refractivity contribution in [3.8, 4) is 5.75 Å². The summed E-state index contributed by atoms with van der Waals surface area (Å²) in [6.07, 6.45) is 3.61. The molecule has 1 rings (SSSR count). The van der Waals surface area contributed by atoms with Crippen LogP contribution in [0.15, 0.2) is 24.3 Å². The Morgan fingerprint density at radius 2 is 1.71 bits per heavy atom. The lowest BCUT2D eigenvalue weighted by Gasteiger charge is -2.08. The molecule has 0 bridgehead atoms. The van der Waals surface area contributed by atoms with Gasteiger partial charge < -0.3 is 14.9 Å². The van der Waals surface area contributed by atoms with Gasteiger partial charge in [-0.25, -0.2) is 0 Å². The van der Waals surface area contributed by atoms with Gasteiger partial charge in [0.2, 0.25) is 0 Å². The smallest absolute Gasteiger partial charge is 0.119 e. The van der Waals surface area contributed by atoms with Gasteiger partial charge in [-0.1, -0.05) is 18.6 Å². The highest BCUT2D eigenvalue weighted by Crippen LogP contribution is 2.17. The molecule has 0 aliphatic rings. The minimum absolute atomic E-state index is 0.279. The van der Waals surface area contributed by atoms with Crippen LogP contribution in [0.25, 0.3) is 0 Å². The Morgan fingerprint density at radius 1 is 1.06 bits per heavy atom. The third-order valence-electron chi connectivity index (χ3n) is 2.68. The van der Waals surface area contributed by atoms with Gasteiger partial charge in [0.15, 0.2) is 0 Å². The maximum atomic E-state index is 9.35. The van der Waals surface area contributed by atoms with E-state index in [1.165, 1.54) is 0 Å². The minimum atomic E-state index is -0.428. The molecule has 3 heteroatoms. The Balaban J connectivity index is 2.19. The lowest BCUT2D eigenvalue weighted by Crippen LogP contribution is -1.98. The van der Waals surface area contributed by atoms with Crippen molar-refractivity contribution >= 4 is 0 Å². The molecule has 96 valence electrons. The van der Waals surface area contributed by atoms with Crippen LogP contribution < -0.4 is 4.74 Å². The fourth-order valence-electron chi connectivity index (χ4n) is 1.60. The van der Waals surface area contributed by atoms with Crippen LogP contribution in [-0.2, 0) is 0 Å². The minimum Gasteiger partial charge on any atom is -0.494 e. The normalized spacial score (nSPS) is 12.4. The van der Waals surface area contributed by atoms with Crippen molar-refractivity contribution in [1.82, 2.24) is 0 Å². The summed E-state index contributed by atoms with van der Waals surface area (Å²) in [5, 5.41) is 18.0. The molecule has 2 N–H and O–H groups in total. The number of ether oxygens (including phenoxy) is 1. The number of benzene rings is 1. The Hall–Kier alpha value is -1.06. The van der Waals surface area contributed by atoms with E-state index in [4.69, 9.17) is 9.84 Å². The fraction of sp³-hybridized carbons (Fsp3) is 0.571. The van der Waals surface area contributed by atoms with Crippen LogP contribution in [0.2, 0.25) is 0 Å².